The first-order valence-corrected chi connectivity index (χ1v) is 17.6. The molecule has 240 valence electrons. The van der Waals surface area contributed by atoms with Gasteiger partial charge in [-0.15, -0.1) is 0 Å². The molecule has 0 bridgehead atoms. The van der Waals surface area contributed by atoms with Crippen molar-refractivity contribution in [3.63, 3.8) is 0 Å². The van der Waals surface area contributed by atoms with Crippen LogP contribution in [0, 0.1) is 0 Å². The number of nitrogens with zero attached hydrogens (tertiary/aromatic N) is 1. The van der Waals surface area contributed by atoms with Crippen LogP contribution in [0.1, 0.15) is 49.9 Å². The van der Waals surface area contributed by atoms with E-state index >= 15 is 0 Å². The third-order valence-corrected chi connectivity index (χ3v) is 11.5. The summed E-state index contributed by atoms with van der Waals surface area (Å²) in [5.41, 5.74) is 18.1. The monoisotopic (exact) mass is 643 g/mol. The molecule has 50 heavy (non-hydrogen) atoms. The molecule has 2 aliphatic carbocycles. The maximum atomic E-state index is 6.49. The van der Waals surface area contributed by atoms with E-state index in [1.807, 2.05) is 6.07 Å². The molecule has 0 N–H and O–H groups in total. The predicted molar refractivity (Wildman–Crippen MR) is 209 cm³/mol. The lowest BCUT2D eigenvalue weighted by molar-refractivity contribution is 0.660. The Morgan fingerprint density at radius 1 is 0.420 bits per heavy atom. The van der Waals surface area contributed by atoms with Crippen molar-refractivity contribution in [2.75, 3.05) is 4.90 Å². The Labute approximate surface area is 293 Å². The molecule has 0 radical (unpaired) electrons. The van der Waals surface area contributed by atoms with Crippen LogP contribution in [-0.4, -0.2) is 0 Å². The summed E-state index contributed by atoms with van der Waals surface area (Å²) in [5.74, 6) is 0. The van der Waals surface area contributed by atoms with Crippen LogP contribution in [0.3, 0.4) is 0 Å². The number of fused-ring (bicyclic) bond motifs is 9. The van der Waals surface area contributed by atoms with E-state index in [0.717, 1.165) is 33.3 Å². The van der Waals surface area contributed by atoms with E-state index in [9.17, 15) is 0 Å². The largest absolute Gasteiger partial charge is 0.456 e. The third-order valence-electron chi connectivity index (χ3n) is 11.5. The SMILES string of the molecule is CC1(C)c2ccccc2-c2ccc(-c3ccccc3N(c3cccc4c3-c3ccccc3C4(C)C)c3cccc4oc5ccccc5c34)cc21. The number of anilines is 3. The normalized spacial score (nSPS) is 14.7. The molecule has 10 rings (SSSR count). The van der Waals surface area contributed by atoms with Crippen LogP contribution in [0.25, 0.3) is 55.3 Å². The van der Waals surface area contributed by atoms with Gasteiger partial charge in [-0.2, -0.15) is 0 Å². The highest BCUT2D eigenvalue weighted by atomic mass is 16.3. The Morgan fingerprint density at radius 3 is 1.82 bits per heavy atom. The molecule has 0 unspecified atom stereocenters. The van der Waals surface area contributed by atoms with E-state index in [0.29, 0.717) is 0 Å². The second kappa shape index (κ2) is 10.3. The third kappa shape index (κ3) is 3.91. The van der Waals surface area contributed by atoms with Crippen LogP contribution < -0.4 is 4.90 Å². The topological polar surface area (TPSA) is 16.4 Å². The molecule has 1 aromatic heterocycles. The smallest absolute Gasteiger partial charge is 0.137 e. The van der Waals surface area contributed by atoms with Crippen LogP contribution in [0.15, 0.2) is 156 Å². The second-order valence-corrected chi connectivity index (χ2v) is 14.9. The van der Waals surface area contributed by atoms with E-state index in [4.69, 9.17) is 4.42 Å². The number of benzene rings is 7. The lowest BCUT2D eigenvalue weighted by Gasteiger charge is -2.31. The summed E-state index contributed by atoms with van der Waals surface area (Å²) in [6.07, 6.45) is 0. The fourth-order valence-corrected chi connectivity index (χ4v) is 9.04. The van der Waals surface area contributed by atoms with E-state index in [1.54, 1.807) is 0 Å². The van der Waals surface area contributed by atoms with Crippen LogP contribution >= 0.6 is 0 Å². The number of hydrogen-bond donors (Lipinski definition) is 0. The molecule has 2 aliphatic rings. The summed E-state index contributed by atoms with van der Waals surface area (Å²) in [5, 5.41) is 2.23. The lowest BCUT2D eigenvalue weighted by Crippen LogP contribution is -2.16. The molecule has 2 nitrogen and oxygen atoms in total. The molecule has 0 saturated heterocycles. The molecule has 0 spiro atoms. The van der Waals surface area contributed by atoms with Gasteiger partial charge < -0.3 is 9.32 Å². The van der Waals surface area contributed by atoms with Gasteiger partial charge in [0.25, 0.3) is 0 Å². The predicted octanol–water partition coefficient (Wildman–Crippen LogP) is 13.3. The standard InChI is InChI=1S/C48H37NO/c1-47(2)37-20-10-6-17-34(37)45-38(47)21-13-23-41(45)49(42-24-14-26-44-46(42)35-18-8-12-25-43(35)50-44)40-22-11-7-15-31(40)30-27-28-33-32-16-5-9-19-36(32)48(3,4)39(33)29-30/h5-29H,1-4H3. The Bertz CT molecular complexity index is 2670. The average molecular weight is 644 g/mol. The summed E-state index contributed by atoms with van der Waals surface area (Å²) in [6.45, 7) is 9.43. The van der Waals surface area contributed by atoms with Crippen molar-refractivity contribution in [2.24, 2.45) is 0 Å². The molecular formula is C48H37NO. The lowest BCUT2D eigenvalue weighted by atomic mass is 9.81. The zero-order valence-electron chi connectivity index (χ0n) is 28.8. The van der Waals surface area contributed by atoms with Crippen molar-refractivity contribution in [2.45, 2.75) is 38.5 Å². The van der Waals surface area contributed by atoms with Crippen LogP contribution in [-0.2, 0) is 10.8 Å². The van der Waals surface area contributed by atoms with Gasteiger partial charge in [-0.1, -0.05) is 143 Å². The first-order chi connectivity index (χ1) is 24.3. The van der Waals surface area contributed by atoms with Gasteiger partial charge >= 0.3 is 0 Å². The molecule has 0 saturated carbocycles. The van der Waals surface area contributed by atoms with Gasteiger partial charge in [-0.05, 0) is 80.9 Å². The fourth-order valence-electron chi connectivity index (χ4n) is 9.04. The van der Waals surface area contributed by atoms with Gasteiger partial charge in [0.05, 0.1) is 22.4 Å². The van der Waals surface area contributed by atoms with Crippen molar-refractivity contribution in [3.05, 3.63) is 174 Å². The summed E-state index contributed by atoms with van der Waals surface area (Å²) in [4.78, 5) is 2.50. The Kier molecular flexibility index (Phi) is 6.01. The molecule has 1 heterocycles. The summed E-state index contributed by atoms with van der Waals surface area (Å²) in [6, 6.07) is 55.6. The van der Waals surface area contributed by atoms with Gasteiger partial charge in [0.2, 0.25) is 0 Å². The number of para-hydroxylation sites is 2. The van der Waals surface area contributed by atoms with Gasteiger partial charge in [0.15, 0.2) is 0 Å². The molecule has 8 aromatic rings. The van der Waals surface area contributed by atoms with Gasteiger partial charge in [0, 0.05) is 27.3 Å². The second-order valence-electron chi connectivity index (χ2n) is 14.9. The summed E-state index contributed by atoms with van der Waals surface area (Å²) >= 11 is 0. The van der Waals surface area contributed by atoms with E-state index in [2.05, 4.69) is 178 Å². The maximum absolute atomic E-state index is 6.49. The van der Waals surface area contributed by atoms with E-state index in [-0.39, 0.29) is 10.8 Å². The molecule has 0 fully saturated rings. The number of hydrogen-bond acceptors (Lipinski definition) is 2. The first kappa shape index (κ1) is 29.1. The van der Waals surface area contributed by atoms with Crippen molar-refractivity contribution in [1.29, 1.82) is 0 Å². The van der Waals surface area contributed by atoms with Gasteiger partial charge in [-0.25, -0.2) is 0 Å². The maximum Gasteiger partial charge on any atom is 0.137 e. The highest BCUT2D eigenvalue weighted by Gasteiger charge is 2.39. The zero-order chi connectivity index (χ0) is 33.8. The summed E-state index contributed by atoms with van der Waals surface area (Å²) in [7, 11) is 0. The van der Waals surface area contributed by atoms with Crippen molar-refractivity contribution >= 4 is 39.0 Å². The quantitative estimate of drug-likeness (QED) is 0.190. The fraction of sp³-hybridized carbons (Fsp3) is 0.125. The Hall–Kier alpha value is -5.86. The van der Waals surface area contributed by atoms with E-state index < -0.39 is 0 Å². The van der Waals surface area contributed by atoms with Crippen LogP contribution in [0.5, 0.6) is 0 Å². The molecule has 2 heteroatoms. The van der Waals surface area contributed by atoms with Crippen LogP contribution in [0.2, 0.25) is 0 Å². The number of furan rings is 1. The number of rotatable bonds is 4. The highest BCUT2D eigenvalue weighted by molar-refractivity contribution is 6.14. The Morgan fingerprint density at radius 2 is 0.980 bits per heavy atom. The zero-order valence-corrected chi connectivity index (χ0v) is 28.8. The first-order valence-electron chi connectivity index (χ1n) is 17.6. The van der Waals surface area contributed by atoms with Gasteiger partial charge in [0.1, 0.15) is 11.2 Å². The van der Waals surface area contributed by atoms with Crippen LogP contribution in [0.4, 0.5) is 17.1 Å². The molecule has 7 aromatic carbocycles. The Balaban J connectivity index is 1.28. The minimum atomic E-state index is -0.123. The molecular weight excluding hydrogens is 607 g/mol. The molecule has 0 aliphatic heterocycles. The average Bonchev–Trinajstić information content (AvgIpc) is 3.73. The summed E-state index contributed by atoms with van der Waals surface area (Å²) < 4.78 is 6.49. The van der Waals surface area contributed by atoms with E-state index in [1.165, 1.54) is 61.3 Å². The molecule has 0 amide bonds. The highest BCUT2D eigenvalue weighted by Crippen LogP contribution is 2.56. The van der Waals surface area contributed by atoms with Crippen molar-refractivity contribution in [3.8, 4) is 33.4 Å². The minimum absolute atomic E-state index is 0.0899. The van der Waals surface area contributed by atoms with Gasteiger partial charge in [-0.3, -0.25) is 0 Å². The van der Waals surface area contributed by atoms with Crippen molar-refractivity contribution < 1.29 is 4.42 Å². The minimum Gasteiger partial charge on any atom is -0.456 e. The van der Waals surface area contributed by atoms with Crippen molar-refractivity contribution in [1.82, 2.24) is 0 Å². The molecule has 0 atom stereocenters.